The number of fused-ring (bicyclic) bond motifs is 1. The topological polar surface area (TPSA) is 18.5 Å². The smallest absolute Gasteiger partial charge is 0.119 e. The van der Waals surface area contributed by atoms with E-state index in [2.05, 4.69) is 37.3 Å². The Morgan fingerprint density at radius 2 is 1.35 bits per heavy atom. The van der Waals surface area contributed by atoms with Gasteiger partial charge < -0.3 is 9.47 Å². The third kappa shape index (κ3) is 4.75. The van der Waals surface area contributed by atoms with Gasteiger partial charge in [0.15, 0.2) is 0 Å². The van der Waals surface area contributed by atoms with Crippen LogP contribution in [-0.4, -0.2) is 13.2 Å². The van der Waals surface area contributed by atoms with E-state index in [4.69, 9.17) is 9.47 Å². The molecule has 1 aliphatic rings. The maximum atomic E-state index is 5.88. The van der Waals surface area contributed by atoms with E-state index in [1.165, 1.54) is 42.4 Å². The summed E-state index contributed by atoms with van der Waals surface area (Å²) in [6, 6.07) is 14.8. The Bertz CT molecular complexity index is 616. The van der Waals surface area contributed by atoms with E-state index in [0.717, 1.165) is 37.6 Å². The van der Waals surface area contributed by atoms with E-state index in [1.807, 2.05) is 12.1 Å². The summed E-state index contributed by atoms with van der Waals surface area (Å²) in [4.78, 5) is 0. The molecule has 3 rings (SSSR count). The molecule has 2 heteroatoms. The van der Waals surface area contributed by atoms with Crippen molar-refractivity contribution < 1.29 is 9.47 Å². The molecule has 0 fully saturated rings. The van der Waals surface area contributed by atoms with E-state index < -0.39 is 0 Å². The minimum absolute atomic E-state index is 0.747. The average molecular weight is 310 g/mol. The summed E-state index contributed by atoms with van der Waals surface area (Å²) in [5.74, 6) is 1.97. The summed E-state index contributed by atoms with van der Waals surface area (Å²) >= 11 is 0. The number of unbranched alkanes of at least 4 members (excludes halogenated alkanes) is 1. The van der Waals surface area contributed by atoms with Gasteiger partial charge in [-0.3, -0.25) is 0 Å². The van der Waals surface area contributed by atoms with Gasteiger partial charge in [0.2, 0.25) is 0 Å². The monoisotopic (exact) mass is 310 g/mol. The van der Waals surface area contributed by atoms with Gasteiger partial charge in [0, 0.05) is 0 Å². The average Bonchev–Trinajstić information content (AvgIpc) is 2.59. The van der Waals surface area contributed by atoms with Crippen LogP contribution in [0.25, 0.3) is 0 Å². The van der Waals surface area contributed by atoms with Gasteiger partial charge in [-0.05, 0) is 80.8 Å². The zero-order valence-electron chi connectivity index (χ0n) is 14.0. The molecule has 0 spiro atoms. The summed E-state index contributed by atoms with van der Waals surface area (Å²) in [5.41, 5.74) is 4.25. The Kier molecular flexibility index (Phi) is 5.57. The van der Waals surface area contributed by atoms with Gasteiger partial charge in [0.05, 0.1) is 13.2 Å². The summed E-state index contributed by atoms with van der Waals surface area (Å²) in [5, 5.41) is 0. The number of hydrogen-bond donors (Lipinski definition) is 0. The number of ether oxygens (including phenoxy) is 2. The molecule has 0 N–H and O–H groups in total. The molecule has 23 heavy (non-hydrogen) atoms. The Balaban J connectivity index is 1.34. The second-order valence-corrected chi connectivity index (χ2v) is 6.35. The van der Waals surface area contributed by atoms with Crippen molar-refractivity contribution in [3.63, 3.8) is 0 Å². The molecule has 2 aromatic carbocycles. The van der Waals surface area contributed by atoms with Crippen molar-refractivity contribution in [1.29, 1.82) is 0 Å². The minimum atomic E-state index is 0.747. The van der Waals surface area contributed by atoms with Crippen molar-refractivity contribution in [2.45, 2.75) is 45.4 Å². The van der Waals surface area contributed by atoms with Crippen LogP contribution in [0.2, 0.25) is 0 Å². The molecule has 0 heterocycles. The van der Waals surface area contributed by atoms with E-state index >= 15 is 0 Å². The molecule has 2 aromatic rings. The van der Waals surface area contributed by atoms with Crippen LogP contribution in [0.15, 0.2) is 42.5 Å². The van der Waals surface area contributed by atoms with E-state index in [0.29, 0.717) is 0 Å². The van der Waals surface area contributed by atoms with Crippen LogP contribution in [0.3, 0.4) is 0 Å². The Hall–Kier alpha value is -1.96. The lowest BCUT2D eigenvalue weighted by atomic mass is 9.92. The fourth-order valence-corrected chi connectivity index (χ4v) is 3.02. The van der Waals surface area contributed by atoms with E-state index in [1.54, 1.807) is 0 Å². The molecule has 0 bridgehead atoms. The third-order valence-corrected chi connectivity index (χ3v) is 4.42. The van der Waals surface area contributed by atoms with Gasteiger partial charge in [0.25, 0.3) is 0 Å². The Morgan fingerprint density at radius 3 is 2.09 bits per heavy atom. The Morgan fingerprint density at radius 1 is 0.739 bits per heavy atom. The highest BCUT2D eigenvalue weighted by Crippen LogP contribution is 2.25. The first kappa shape index (κ1) is 15.9. The quantitative estimate of drug-likeness (QED) is 0.661. The number of hydrogen-bond acceptors (Lipinski definition) is 2. The van der Waals surface area contributed by atoms with Crippen molar-refractivity contribution in [2.75, 3.05) is 13.2 Å². The highest BCUT2D eigenvalue weighted by Gasteiger charge is 2.09. The van der Waals surface area contributed by atoms with Crippen molar-refractivity contribution in [3.8, 4) is 11.5 Å². The van der Waals surface area contributed by atoms with Gasteiger partial charge in [-0.25, -0.2) is 0 Å². The standard InChI is InChI=1S/C21H26O2/c1-17-8-11-20(12-9-17)22-14-4-5-15-23-21-13-10-18-6-2-3-7-19(18)16-21/h8-13,16H,2-7,14-15H2,1H3. The molecule has 2 nitrogen and oxygen atoms in total. The van der Waals surface area contributed by atoms with Gasteiger partial charge >= 0.3 is 0 Å². The summed E-state index contributed by atoms with van der Waals surface area (Å²) in [6.45, 7) is 3.59. The van der Waals surface area contributed by atoms with Crippen LogP contribution in [0.1, 0.15) is 42.4 Å². The summed E-state index contributed by atoms with van der Waals surface area (Å²) in [7, 11) is 0. The molecule has 1 aliphatic carbocycles. The second-order valence-electron chi connectivity index (χ2n) is 6.35. The van der Waals surface area contributed by atoms with Gasteiger partial charge in [-0.2, -0.15) is 0 Å². The lowest BCUT2D eigenvalue weighted by Crippen LogP contribution is -2.05. The lowest BCUT2D eigenvalue weighted by Gasteiger charge is -2.16. The zero-order chi connectivity index (χ0) is 15.9. The summed E-state index contributed by atoms with van der Waals surface area (Å²) in [6.07, 6.45) is 7.10. The highest BCUT2D eigenvalue weighted by atomic mass is 16.5. The normalized spacial score (nSPS) is 13.4. The maximum Gasteiger partial charge on any atom is 0.119 e. The van der Waals surface area contributed by atoms with Crippen molar-refractivity contribution in [1.82, 2.24) is 0 Å². The molecule has 0 amide bonds. The van der Waals surface area contributed by atoms with Crippen LogP contribution in [0, 0.1) is 6.92 Å². The first-order valence-corrected chi connectivity index (χ1v) is 8.75. The fraction of sp³-hybridized carbons (Fsp3) is 0.429. The Labute approximate surface area is 139 Å². The molecule has 0 atom stereocenters. The largest absolute Gasteiger partial charge is 0.494 e. The zero-order valence-corrected chi connectivity index (χ0v) is 14.0. The van der Waals surface area contributed by atoms with Crippen LogP contribution in [0.5, 0.6) is 11.5 Å². The lowest BCUT2D eigenvalue weighted by molar-refractivity contribution is 0.266. The molecule has 0 aliphatic heterocycles. The molecular weight excluding hydrogens is 284 g/mol. The molecule has 122 valence electrons. The third-order valence-electron chi connectivity index (χ3n) is 4.42. The number of aryl methyl sites for hydroxylation is 3. The molecule has 0 unspecified atom stereocenters. The van der Waals surface area contributed by atoms with Gasteiger partial charge in [0.1, 0.15) is 11.5 Å². The maximum absolute atomic E-state index is 5.88. The predicted octanol–water partition coefficient (Wildman–Crippen LogP) is 5.11. The molecule has 0 aromatic heterocycles. The molecule has 0 saturated heterocycles. The minimum Gasteiger partial charge on any atom is -0.494 e. The molecule has 0 radical (unpaired) electrons. The molecule has 0 saturated carbocycles. The van der Waals surface area contributed by atoms with E-state index in [-0.39, 0.29) is 0 Å². The van der Waals surface area contributed by atoms with Crippen LogP contribution < -0.4 is 9.47 Å². The summed E-state index contributed by atoms with van der Waals surface area (Å²) < 4.78 is 11.6. The van der Waals surface area contributed by atoms with Crippen molar-refractivity contribution >= 4 is 0 Å². The van der Waals surface area contributed by atoms with Gasteiger partial charge in [-0.15, -0.1) is 0 Å². The van der Waals surface area contributed by atoms with Crippen molar-refractivity contribution in [3.05, 3.63) is 59.2 Å². The van der Waals surface area contributed by atoms with E-state index in [9.17, 15) is 0 Å². The second kappa shape index (κ2) is 8.05. The SMILES string of the molecule is Cc1ccc(OCCCCOc2ccc3c(c2)CCCC3)cc1. The predicted molar refractivity (Wildman–Crippen MR) is 94.5 cm³/mol. The highest BCUT2D eigenvalue weighted by molar-refractivity contribution is 5.37. The van der Waals surface area contributed by atoms with Crippen LogP contribution in [0.4, 0.5) is 0 Å². The number of rotatable bonds is 7. The number of benzene rings is 2. The van der Waals surface area contributed by atoms with Crippen LogP contribution >= 0.6 is 0 Å². The van der Waals surface area contributed by atoms with Crippen molar-refractivity contribution in [2.24, 2.45) is 0 Å². The first-order valence-electron chi connectivity index (χ1n) is 8.75. The van der Waals surface area contributed by atoms with Gasteiger partial charge in [-0.1, -0.05) is 23.8 Å². The first-order chi connectivity index (χ1) is 11.3. The molecular formula is C21H26O2. The fourth-order valence-electron chi connectivity index (χ4n) is 3.02. The van der Waals surface area contributed by atoms with Crippen LogP contribution in [-0.2, 0) is 12.8 Å².